The van der Waals surface area contributed by atoms with Gasteiger partial charge in [-0.2, -0.15) is 0 Å². The number of aliphatic hydroxyl groups is 1. The molecule has 0 aromatic heterocycles. The molecule has 1 saturated heterocycles. The highest BCUT2D eigenvalue weighted by atomic mass is 16.5. The number of fused-ring (bicyclic) bond motifs is 1. The van der Waals surface area contributed by atoms with Crippen LogP contribution >= 0.6 is 0 Å². The Bertz CT molecular complexity index is 399. The van der Waals surface area contributed by atoms with E-state index in [2.05, 4.69) is 23.5 Å². The summed E-state index contributed by atoms with van der Waals surface area (Å²) in [6.07, 6.45) is 2.82. The topological polar surface area (TPSA) is 41.5 Å². The number of benzene rings is 1. The minimum Gasteiger partial charge on any atom is -0.493 e. The van der Waals surface area contributed by atoms with Crippen molar-refractivity contribution in [3.05, 3.63) is 29.3 Å². The van der Waals surface area contributed by atoms with Crippen LogP contribution in [0.2, 0.25) is 0 Å². The van der Waals surface area contributed by atoms with Gasteiger partial charge in [0.05, 0.1) is 12.2 Å². The molecule has 86 valence electrons. The van der Waals surface area contributed by atoms with Crippen molar-refractivity contribution in [1.82, 2.24) is 5.32 Å². The Morgan fingerprint density at radius 2 is 2.25 bits per heavy atom. The van der Waals surface area contributed by atoms with E-state index in [1.807, 2.05) is 0 Å². The van der Waals surface area contributed by atoms with Gasteiger partial charge in [0, 0.05) is 19.5 Å². The number of nitrogens with one attached hydrogen (secondary N) is 1. The summed E-state index contributed by atoms with van der Waals surface area (Å²) in [5.41, 5.74) is 2.16. The van der Waals surface area contributed by atoms with Crippen molar-refractivity contribution in [2.45, 2.75) is 24.9 Å². The van der Waals surface area contributed by atoms with Crippen molar-refractivity contribution in [1.29, 1.82) is 0 Å². The zero-order valence-electron chi connectivity index (χ0n) is 9.33. The lowest BCUT2D eigenvalue weighted by molar-refractivity contribution is -0.0167. The summed E-state index contributed by atoms with van der Waals surface area (Å²) in [5.74, 6) is 1.03. The lowest BCUT2D eigenvalue weighted by Gasteiger charge is -2.37. The number of β-amino-alcohol motifs (C(OH)–C–C–N with tert-alkyl or cyclic N) is 1. The van der Waals surface area contributed by atoms with Crippen LogP contribution < -0.4 is 10.1 Å². The molecule has 2 aliphatic rings. The molecule has 0 unspecified atom stereocenters. The number of hydrogen-bond donors (Lipinski definition) is 2. The third kappa shape index (κ3) is 1.81. The zero-order chi connectivity index (χ0) is 11.0. The molecule has 0 spiro atoms. The maximum absolute atomic E-state index is 9.98. The summed E-state index contributed by atoms with van der Waals surface area (Å²) < 4.78 is 5.47. The van der Waals surface area contributed by atoms with Gasteiger partial charge < -0.3 is 15.2 Å². The first-order valence-electron chi connectivity index (χ1n) is 5.93. The molecular formula is C13H17NO2. The fourth-order valence-corrected chi connectivity index (χ4v) is 2.36. The van der Waals surface area contributed by atoms with Crippen molar-refractivity contribution < 1.29 is 9.84 Å². The van der Waals surface area contributed by atoms with E-state index in [0.717, 1.165) is 44.7 Å². The van der Waals surface area contributed by atoms with E-state index >= 15 is 0 Å². The Balaban J connectivity index is 1.66. The van der Waals surface area contributed by atoms with Crippen molar-refractivity contribution in [3.63, 3.8) is 0 Å². The fourth-order valence-electron chi connectivity index (χ4n) is 2.36. The molecule has 0 aliphatic carbocycles. The minimum absolute atomic E-state index is 0.463. The van der Waals surface area contributed by atoms with Gasteiger partial charge in [0.25, 0.3) is 0 Å². The van der Waals surface area contributed by atoms with Gasteiger partial charge in [-0.05, 0) is 30.0 Å². The van der Waals surface area contributed by atoms with Crippen LogP contribution in [0.4, 0.5) is 0 Å². The van der Waals surface area contributed by atoms with Crippen molar-refractivity contribution >= 4 is 0 Å². The zero-order valence-corrected chi connectivity index (χ0v) is 9.33. The smallest absolute Gasteiger partial charge is 0.122 e. The molecule has 0 radical (unpaired) electrons. The predicted octanol–water partition coefficient (Wildman–Crippen LogP) is 0.888. The average Bonchev–Trinajstić information content (AvgIpc) is 2.70. The maximum Gasteiger partial charge on any atom is 0.122 e. The second-order valence-corrected chi connectivity index (χ2v) is 4.87. The largest absolute Gasteiger partial charge is 0.493 e. The van der Waals surface area contributed by atoms with E-state index in [1.54, 1.807) is 0 Å². The van der Waals surface area contributed by atoms with Crippen LogP contribution in [0.3, 0.4) is 0 Å². The van der Waals surface area contributed by atoms with Gasteiger partial charge in [0.2, 0.25) is 0 Å². The van der Waals surface area contributed by atoms with Gasteiger partial charge in [0.15, 0.2) is 0 Å². The highest BCUT2D eigenvalue weighted by Crippen LogP contribution is 2.27. The third-order valence-electron chi connectivity index (χ3n) is 3.54. The summed E-state index contributed by atoms with van der Waals surface area (Å²) in [5, 5.41) is 13.1. The first kappa shape index (κ1) is 10.1. The lowest BCUT2D eigenvalue weighted by atomic mass is 9.89. The average molecular weight is 219 g/mol. The van der Waals surface area contributed by atoms with Gasteiger partial charge >= 0.3 is 0 Å². The van der Waals surface area contributed by atoms with Gasteiger partial charge in [-0.3, -0.25) is 0 Å². The molecule has 1 fully saturated rings. The summed E-state index contributed by atoms with van der Waals surface area (Å²) >= 11 is 0. The van der Waals surface area contributed by atoms with E-state index in [1.165, 1.54) is 11.1 Å². The van der Waals surface area contributed by atoms with E-state index in [4.69, 9.17) is 4.74 Å². The molecule has 0 bridgehead atoms. The second-order valence-electron chi connectivity index (χ2n) is 4.87. The Morgan fingerprint density at radius 3 is 3.00 bits per heavy atom. The molecule has 3 rings (SSSR count). The Hall–Kier alpha value is -1.06. The highest BCUT2D eigenvalue weighted by molar-refractivity contribution is 5.39. The lowest BCUT2D eigenvalue weighted by Crippen LogP contribution is -2.59. The summed E-state index contributed by atoms with van der Waals surface area (Å²) in [4.78, 5) is 0. The molecule has 2 heterocycles. The van der Waals surface area contributed by atoms with Gasteiger partial charge in [-0.1, -0.05) is 12.1 Å². The Kier molecular flexibility index (Phi) is 2.37. The molecule has 0 atom stereocenters. The summed E-state index contributed by atoms with van der Waals surface area (Å²) in [6, 6.07) is 6.39. The van der Waals surface area contributed by atoms with Crippen LogP contribution in [0.25, 0.3) is 0 Å². The van der Waals surface area contributed by atoms with Crippen LogP contribution in [-0.2, 0) is 12.8 Å². The van der Waals surface area contributed by atoms with Gasteiger partial charge in [-0.25, -0.2) is 0 Å². The van der Waals surface area contributed by atoms with Crippen molar-refractivity contribution in [2.24, 2.45) is 0 Å². The molecule has 2 N–H and O–H groups in total. The van der Waals surface area contributed by atoms with Gasteiger partial charge in [-0.15, -0.1) is 0 Å². The Labute approximate surface area is 95.4 Å². The molecule has 0 saturated carbocycles. The normalized spacial score (nSPS) is 21.1. The van der Waals surface area contributed by atoms with Crippen LogP contribution in [0.15, 0.2) is 18.2 Å². The molecule has 3 heteroatoms. The number of rotatable bonds is 3. The molecule has 1 aromatic carbocycles. The Morgan fingerprint density at radius 1 is 1.38 bits per heavy atom. The van der Waals surface area contributed by atoms with Crippen LogP contribution in [-0.4, -0.2) is 30.4 Å². The minimum atomic E-state index is -0.463. The monoisotopic (exact) mass is 219 g/mol. The van der Waals surface area contributed by atoms with E-state index < -0.39 is 5.60 Å². The molecular weight excluding hydrogens is 202 g/mol. The van der Waals surface area contributed by atoms with Crippen LogP contribution in [0, 0.1) is 0 Å². The van der Waals surface area contributed by atoms with E-state index in [-0.39, 0.29) is 0 Å². The molecule has 1 aromatic rings. The third-order valence-corrected chi connectivity index (χ3v) is 3.54. The molecule has 0 amide bonds. The maximum atomic E-state index is 9.98. The summed E-state index contributed by atoms with van der Waals surface area (Å²) in [6.45, 7) is 2.29. The first-order chi connectivity index (χ1) is 7.75. The number of ether oxygens (including phenoxy) is 1. The quantitative estimate of drug-likeness (QED) is 0.793. The molecule has 2 aliphatic heterocycles. The van der Waals surface area contributed by atoms with E-state index in [9.17, 15) is 5.11 Å². The van der Waals surface area contributed by atoms with Crippen molar-refractivity contribution in [3.8, 4) is 5.75 Å². The SMILES string of the molecule is OC1(CCc2ccc3c(c2)CCO3)CNC1. The molecule has 16 heavy (non-hydrogen) atoms. The standard InChI is InChI=1S/C13H17NO2/c15-13(8-14-9-13)5-3-10-1-2-12-11(7-10)4-6-16-12/h1-2,7,14-15H,3-6,8-9H2. The number of aryl methyl sites for hydroxylation is 1. The number of hydrogen-bond acceptors (Lipinski definition) is 3. The van der Waals surface area contributed by atoms with Crippen LogP contribution in [0.5, 0.6) is 5.75 Å². The van der Waals surface area contributed by atoms with Crippen molar-refractivity contribution in [2.75, 3.05) is 19.7 Å². The fraction of sp³-hybridized carbons (Fsp3) is 0.538. The first-order valence-corrected chi connectivity index (χ1v) is 5.93. The summed E-state index contributed by atoms with van der Waals surface area (Å²) in [7, 11) is 0. The van der Waals surface area contributed by atoms with Gasteiger partial charge in [0.1, 0.15) is 5.75 Å². The molecule has 3 nitrogen and oxygen atoms in total. The second kappa shape index (κ2) is 3.75. The van der Waals surface area contributed by atoms with E-state index in [0.29, 0.717) is 0 Å². The predicted molar refractivity (Wildman–Crippen MR) is 61.8 cm³/mol. The van der Waals surface area contributed by atoms with Crippen LogP contribution in [0.1, 0.15) is 17.5 Å². The highest BCUT2D eigenvalue weighted by Gasteiger charge is 2.33.